The summed E-state index contributed by atoms with van der Waals surface area (Å²) in [5.41, 5.74) is 2.71. The van der Waals surface area contributed by atoms with E-state index < -0.39 is 0 Å². The van der Waals surface area contributed by atoms with Crippen molar-refractivity contribution in [3.63, 3.8) is 0 Å². The lowest BCUT2D eigenvalue weighted by Gasteiger charge is -2.19. The van der Waals surface area contributed by atoms with Crippen LogP contribution >= 0.6 is 11.3 Å². The van der Waals surface area contributed by atoms with E-state index in [1.165, 1.54) is 16.1 Å². The number of anilines is 1. The minimum atomic E-state index is 0.453. The maximum absolute atomic E-state index is 4.77. The van der Waals surface area contributed by atoms with E-state index >= 15 is 0 Å². The first kappa shape index (κ1) is 14.5. The summed E-state index contributed by atoms with van der Waals surface area (Å²) < 4.78 is 0. The van der Waals surface area contributed by atoms with Crippen LogP contribution in [0.5, 0.6) is 0 Å². The zero-order valence-electron chi connectivity index (χ0n) is 12.8. The number of hydrogen-bond acceptors (Lipinski definition) is 4. The van der Waals surface area contributed by atoms with Crippen molar-refractivity contribution in [2.45, 2.75) is 39.3 Å². The standard InChI is InChI=1S/C17H23N3S/c1-13(2)18-17-19-15-8-10-20(11-9-16(15)21-17)12-14-6-4-3-5-7-14/h3-7,13H,8-12H2,1-2H3,(H,18,19). The van der Waals surface area contributed by atoms with E-state index in [1.807, 2.05) is 11.3 Å². The average Bonchev–Trinajstić information content (AvgIpc) is 2.75. The van der Waals surface area contributed by atoms with Gasteiger partial charge in [-0.05, 0) is 25.8 Å². The largest absolute Gasteiger partial charge is 0.359 e. The molecule has 2 aromatic rings. The lowest BCUT2D eigenvalue weighted by Crippen LogP contribution is -2.26. The first-order chi connectivity index (χ1) is 10.2. The third-order valence-electron chi connectivity index (χ3n) is 3.76. The van der Waals surface area contributed by atoms with E-state index in [4.69, 9.17) is 4.98 Å². The maximum Gasteiger partial charge on any atom is 0.183 e. The lowest BCUT2D eigenvalue weighted by atomic mass is 10.2. The highest BCUT2D eigenvalue weighted by Gasteiger charge is 2.18. The van der Waals surface area contributed by atoms with Crippen LogP contribution in [0.4, 0.5) is 5.13 Å². The second kappa shape index (κ2) is 6.58. The van der Waals surface area contributed by atoms with Crippen LogP contribution in [0, 0.1) is 0 Å². The van der Waals surface area contributed by atoms with Gasteiger partial charge in [0.15, 0.2) is 5.13 Å². The Bertz CT molecular complexity index is 551. The molecule has 0 aliphatic carbocycles. The first-order valence-electron chi connectivity index (χ1n) is 7.72. The van der Waals surface area contributed by atoms with Gasteiger partial charge in [0.1, 0.15) is 0 Å². The van der Waals surface area contributed by atoms with E-state index in [1.54, 1.807) is 0 Å². The van der Waals surface area contributed by atoms with E-state index in [9.17, 15) is 0 Å². The Kier molecular flexibility index (Phi) is 4.56. The molecule has 0 amide bonds. The molecule has 0 atom stereocenters. The van der Waals surface area contributed by atoms with Crippen LogP contribution in [-0.2, 0) is 19.4 Å². The third kappa shape index (κ3) is 3.83. The van der Waals surface area contributed by atoms with Crippen molar-refractivity contribution in [2.75, 3.05) is 18.4 Å². The zero-order chi connectivity index (χ0) is 14.7. The monoisotopic (exact) mass is 301 g/mol. The van der Waals surface area contributed by atoms with Crippen LogP contribution in [0.1, 0.15) is 30.0 Å². The third-order valence-corrected chi connectivity index (χ3v) is 4.85. The highest BCUT2D eigenvalue weighted by Crippen LogP contribution is 2.27. The van der Waals surface area contributed by atoms with Crippen molar-refractivity contribution in [3.8, 4) is 0 Å². The SMILES string of the molecule is CC(C)Nc1nc2c(s1)CCN(Cc1ccccc1)CC2. The van der Waals surface area contributed by atoms with Crippen molar-refractivity contribution in [2.24, 2.45) is 0 Å². The van der Waals surface area contributed by atoms with Crippen LogP contribution in [0.3, 0.4) is 0 Å². The Morgan fingerprint density at radius 3 is 2.71 bits per heavy atom. The van der Waals surface area contributed by atoms with Gasteiger partial charge in [-0.15, -0.1) is 11.3 Å². The molecule has 4 heteroatoms. The molecule has 1 aliphatic heterocycles. The van der Waals surface area contributed by atoms with Gasteiger partial charge in [-0.3, -0.25) is 4.90 Å². The van der Waals surface area contributed by atoms with Crippen LogP contribution in [0.2, 0.25) is 0 Å². The molecule has 0 unspecified atom stereocenters. The Morgan fingerprint density at radius 1 is 1.19 bits per heavy atom. The van der Waals surface area contributed by atoms with E-state index in [0.717, 1.165) is 37.6 Å². The molecule has 0 spiro atoms. The van der Waals surface area contributed by atoms with Gasteiger partial charge in [0.25, 0.3) is 0 Å². The van der Waals surface area contributed by atoms with Gasteiger partial charge in [-0.25, -0.2) is 4.98 Å². The van der Waals surface area contributed by atoms with Gasteiger partial charge in [-0.2, -0.15) is 0 Å². The minimum Gasteiger partial charge on any atom is -0.359 e. The number of rotatable bonds is 4. The predicted octanol–water partition coefficient (Wildman–Crippen LogP) is 3.56. The highest BCUT2D eigenvalue weighted by molar-refractivity contribution is 7.15. The van der Waals surface area contributed by atoms with Gasteiger partial charge < -0.3 is 5.32 Å². The minimum absolute atomic E-state index is 0.453. The quantitative estimate of drug-likeness (QED) is 0.936. The number of fused-ring (bicyclic) bond motifs is 1. The molecule has 3 rings (SSSR count). The molecule has 112 valence electrons. The molecular formula is C17H23N3S. The zero-order valence-corrected chi connectivity index (χ0v) is 13.6. The molecule has 21 heavy (non-hydrogen) atoms. The molecule has 0 saturated heterocycles. The maximum atomic E-state index is 4.77. The van der Waals surface area contributed by atoms with Gasteiger partial charge in [0.05, 0.1) is 5.69 Å². The molecule has 0 saturated carbocycles. The number of aromatic nitrogens is 1. The fourth-order valence-corrected chi connectivity index (χ4v) is 3.86. The van der Waals surface area contributed by atoms with Gasteiger partial charge in [0, 0.05) is 37.0 Å². The molecule has 1 aliphatic rings. The van der Waals surface area contributed by atoms with Gasteiger partial charge in [0.2, 0.25) is 0 Å². The molecule has 0 fully saturated rings. The molecule has 0 bridgehead atoms. The van der Waals surface area contributed by atoms with E-state index in [0.29, 0.717) is 6.04 Å². The number of nitrogens with one attached hydrogen (secondary N) is 1. The smallest absolute Gasteiger partial charge is 0.183 e. The fraction of sp³-hybridized carbons (Fsp3) is 0.471. The average molecular weight is 301 g/mol. The molecule has 1 aromatic heterocycles. The summed E-state index contributed by atoms with van der Waals surface area (Å²) in [5, 5.41) is 4.52. The number of nitrogens with zero attached hydrogens (tertiary/aromatic N) is 2. The normalized spacial score (nSPS) is 15.8. The summed E-state index contributed by atoms with van der Waals surface area (Å²) >= 11 is 1.84. The second-order valence-electron chi connectivity index (χ2n) is 5.95. The summed E-state index contributed by atoms with van der Waals surface area (Å²) in [6.07, 6.45) is 2.19. The van der Waals surface area contributed by atoms with Gasteiger partial charge >= 0.3 is 0 Å². The summed E-state index contributed by atoms with van der Waals surface area (Å²) in [7, 11) is 0. The Labute approximate surface area is 131 Å². The summed E-state index contributed by atoms with van der Waals surface area (Å²) in [6, 6.07) is 11.2. The topological polar surface area (TPSA) is 28.2 Å². The molecular weight excluding hydrogens is 278 g/mol. The van der Waals surface area contributed by atoms with Crippen LogP contribution in [0.25, 0.3) is 0 Å². The summed E-state index contributed by atoms with van der Waals surface area (Å²) in [5.74, 6) is 0. The predicted molar refractivity (Wildman–Crippen MR) is 90.0 cm³/mol. The van der Waals surface area contributed by atoms with Crippen molar-refractivity contribution in [3.05, 3.63) is 46.5 Å². The van der Waals surface area contributed by atoms with Gasteiger partial charge in [-0.1, -0.05) is 30.3 Å². The summed E-state index contributed by atoms with van der Waals surface area (Å²) in [6.45, 7) is 7.60. The molecule has 2 heterocycles. The first-order valence-corrected chi connectivity index (χ1v) is 8.54. The molecule has 0 radical (unpaired) electrons. The van der Waals surface area contributed by atoms with Crippen LogP contribution in [0.15, 0.2) is 30.3 Å². The van der Waals surface area contributed by atoms with E-state index in [-0.39, 0.29) is 0 Å². The Balaban J connectivity index is 1.62. The number of hydrogen-bond donors (Lipinski definition) is 1. The fourth-order valence-electron chi connectivity index (χ4n) is 2.72. The second-order valence-corrected chi connectivity index (χ2v) is 7.03. The molecule has 1 aromatic carbocycles. The van der Waals surface area contributed by atoms with E-state index in [2.05, 4.69) is 54.4 Å². The highest BCUT2D eigenvalue weighted by atomic mass is 32.1. The molecule has 3 nitrogen and oxygen atoms in total. The van der Waals surface area contributed by atoms with Crippen molar-refractivity contribution < 1.29 is 0 Å². The van der Waals surface area contributed by atoms with Crippen molar-refractivity contribution in [1.82, 2.24) is 9.88 Å². The summed E-state index contributed by atoms with van der Waals surface area (Å²) in [4.78, 5) is 8.78. The number of benzene rings is 1. The number of thiazole rings is 1. The Morgan fingerprint density at radius 2 is 1.95 bits per heavy atom. The lowest BCUT2D eigenvalue weighted by molar-refractivity contribution is 0.279. The molecule has 1 N–H and O–H groups in total. The van der Waals surface area contributed by atoms with Crippen LogP contribution < -0.4 is 5.32 Å². The van der Waals surface area contributed by atoms with Crippen molar-refractivity contribution in [1.29, 1.82) is 0 Å². The van der Waals surface area contributed by atoms with Crippen LogP contribution in [-0.4, -0.2) is 29.0 Å². The Hall–Kier alpha value is -1.39. The van der Waals surface area contributed by atoms with Crippen molar-refractivity contribution >= 4 is 16.5 Å².